The molecule has 0 spiro atoms. The van der Waals surface area contributed by atoms with Gasteiger partial charge in [-0.05, 0) is 0 Å². The summed E-state index contributed by atoms with van der Waals surface area (Å²) in [7, 11) is 2.27. The van der Waals surface area contributed by atoms with Crippen LogP contribution in [0.3, 0.4) is 0 Å². The SMILES string of the molecule is O[B]SP. The van der Waals surface area contributed by atoms with Gasteiger partial charge in [0, 0.05) is 0 Å². The summed E-state index contributed by atoms with van der Waals surface area (Å²) < 4.78 is 0. The molecule has 0 aliphatic heterocycles. The lowest BCUT2D eigenvalue weighted by Gasteiger charge is -1.64. The van der Waals surface area contributed by atoms with Crippen molar-refractivity contribution in [1.82, 2.24) is 0 Å². The lowest BCUT2D eigenvalue weighted by molar-refractivity contribution is 0.623. The number of rotatable bonds is 1. The van der Waals surface area contributed by atoms with Crippen molar-refractivity contribution < 1.29 is 5.02 Å². The molecule has 0 saturated carbocycles. The largest absolute Gasteiger partial charge is 0.444 e. The van der Waals surface area contributed by atoms with Crippen LogP contribution in [-0.4, -0.2) is 11.8 Å². The van der Waals surface area contributed by atoms with Gasteiger partial charge in [-0.3, -0.25) is 0 Å². The molecule has 0 aromatic rings. The molecule has 1 unspecified atom stereocenters. The van der Waals surface area contributed by atoms with Gasteiger partial charge in [-0.2, -0.15) is 11.2 Å². The Balaban J connectivity index is 1.97. The fraction of sp³-hybridized carbons (Fsp3) is 0. The van der Waals surface area contributed by atoms with E-state index in [9.17, 15) is 0 Å². The van der Waals surface area contributed by atoms with Crippen molar-refractivity contribution in [2.24, 2.45) is 0 Å². The van der Waals surface area contributed by atoms with Crippen molar-refractivity contribution in [3.63, 3.8) is 0 Å². The van der Waals surface area contributed by atoms with Crippen LogP contribution in [0.15, 0.2) is 0 Å². The Morgan fingerprint density at radius 1 is 2.00 bits per heavy atom. The van der Waals surface area contributed by atoms with Crippen molar-refractivity contribution >= 4 is 26.4 Å². The molecule has 4 heavy (non-hydrogen) atoms. The maximum atomic E-state index is 7.69. The zero-order valence-corrected chi connectivity index (χ0v) is 3.98. The Morgan fingerprint density at radius 3 is 2.25 bits per heavy atom. The van der Waals surface area contributed by atoms with E-state index in [0.717, 1.165) is 6.76 Å². The van der Waals surface area contributed by atoms with Gasteiger partial charge >= 0.3 is 6.76 Å². The van der Waals surface area contributed by atoms with E-state index in [2.05, 4.69) is 8.44 Å². The van der Waals surface area contributed by atoms with Crippen LogP contribution in [0.5, 0.6) is 0 Å². The molecular formula is H3BOPS. The predicted molar refractivity (Wildman–Crippen MR) is 25.3 cm³/mol. The van der Waals surface area contributed by atoms with Crippen molar-refractivity contribution in [1.29, 1.82) is 0 Å². The van der Waals surface area contributed by atoms with Crippen LogP contribution in [0.25, 0.3) is 0 Å². The van der Waals surface area contributed by atoms with E-state index in [0.29, 0.717) is 0 Å². The summed E-state index contributed by atoms with van der Waals surface area (Å²) in [5, 5.41) is 7.69. The quantitative estimate of drug-likeness (QED) is 0.364. The maximum absolute atomic E-state index is 7.69. The standard InChI is InChI=1S/BH3OPS/c2-1-4-3/h2H,3H2. The summed E-state index contributed by atoms with van der Waals surface area (Å²) >= 11 is 1.20. The minimum absolute atomic E-state index is 1.00. The van der Waals surface area contributed by atoms with Crippen LogP contribution in [0, 0.1) is 0 Å². The van der Waals surface area contributed by atoms with Gasteiger partial charge in [0.25, 0.3) is 0 Å². The summed E-state index contributed by atoms with van der Waals surface area (Å²) in [6, 6.07) is 0. The van der Waals surface area contributed by atoms with Gasteiger partial charge in [-0.15, -0.1) is 0 Å². The maximum Gasteiger partial charge on any atom is 0.373 e. The van der Waals surface area contributed by atoms with Crippen molar-refractivity contribution in [2.45, 2.75) is 0 Å². The molecular weight excluding hydrogens is 89.9 g/mol. The summed E-state index contributed by atoms with van der Waals surface area (Å²) in [6.45, 7) is 1.00. The van der Waals surface area contributed by atoms with Crippen LogP contribution in [-0.2, 0) is 0 Å². The highest BCUT2D eigenvalue weighted by Gasteiger charge is 1.66. The van der Waals surface area contributed by atoms with Crippen LogP contribution < -0.4 is 0 Å². The third-order valence-electron chi connectivity index (χ3n) is 0.0609. The molecule has 0 rings (SSSR count). The van der Waals surface area contributed by atoms with Crippen LogP contribution in [0.2, 0.25) is 0 Å². The first-order chi connectivity index (χ1) is 1.91. The van der Waals surface area contributed by atoms with Crippen molar-refractivity contribution in [3.8, 4) is 0 Å². The molecule has 1 N–H and O–H groups in total. The van der Waals surface area contributed by atoms with Gasteiger partial charge in [-0.25, -0.2) is 0 Å². The van der Waals surface area contributed by atoms with Crippen molar-refractivity contribution in [3.05, 3.63) is 0 Å². The van der Waals surface area contributed by atoms with E-state index < -0.39 is 0 Å². The number of hydrogen-bond acceptors (Lipinski definition) is 2. The molecule has 0 aromatic heterocycles. The molecule has 0 bridgehead atoms. The molecule has 0 aromatic carbocycles. The lowest BCUT2D eigenvalue weighted by Crippen LogP contribution is -1.65. The number of hydrogen-bond donors (Lipinski definition) is 1. The molecule has 0 heterocycles. The van der Waals surface area contributed by atoms with E-state index in [1.807, 2.05) is 0 Å². The normalized spacial score (nSPS) is 6.50. The third kappa shape index (κ3) is 2.80. The highest BCUT2D eigenvalue weighted by molar-refractivity contribution is 8.57. The van der Waals surface area contributed by atoms with Crippen molar-refractivity contribution in [2.75, 3.05) is 0 Å². The Morgan fingerprint density at radius 2 is 2.25 bits per heavy atom. The minimum atomic E-state index is 1.00. The Labute approximate surface area is 32.3 Å². The average molecular weight is 92.9 g/mol. The van der Waals surface area contributed by atoms with Gasteiger partial charge in [0.15, 0.2) is 0 Å². The zero-order valence-electron chi connectivity index (χ0n) is 2.01. The molecule has 1 nitrogen and oxygen atoms in total. The van der Waals surface area contributed by atoms with Gasteiger partial charge in [0.05, 0.1) is 0 Å². The highest BCUT2D eigenvalue weighted by Crippen LogP contribution is 2.02. The first kappa shape index (κ1) is 4.80. The van der Waals surface area contributed by atoms with Gasteiger partial charge in [0.2, 0.25) is 0 Å². The predicted octanol–water partition coefficient (Wildman–Crippen LogP) is 0.0362. The fourth-order valence-corrected chi connectivity index (χ4v) is 0. The molecule has 0 aliphatic rings. The van der Waals surface area contributed by atoms with Gasteiger partial charge < -0.3 is 5.02 Å². The molecule has 0 saturated heterocycles. The Kier molecular flexibility index (Phi) is 4.57. The highest BCUT2D eigenvalue weighted by atomic mass is 32.7. The second-order valence-electron chi connectivity index (χ2n) is 0.241. The average Bonchev–Trinajstić information content (AvgIpc) is 1.37. The smallest absolute Gasteiger partial charge is 0.373 e. The lowest BCUT2D eigenvalue weighted by atomic mass is 10.6. The van der Waals surface area contributed by atoms with E-state index in [-0.39, 0.29) is 0 Å². The van der Waals surface area contributed by atoms with Crippen LogP contribution >= 0.6 is 19.7 Å². The molecule has 4 heteroatoms. The molecule has 23 valence electrons. The molecule has 1 atom stereocenters. The summed E-state index contributed by atoms with van der Waals surface area (Å²) in [5.74, 6) is 0. The minimum Gasteiger partial charge on any atom is -0.444 e. The van der Waals surface area contributed by atoms with Crippen LogP contribution in [0.4, 0.5) is 0 Å². The summed E-state index contributed by atoms with van der Waals surface area (Å²) in [4.78, 5) is 0. The van der Waals surface area contributed by atoms with E-state index in [4.69, 9.17) is 5.02 Å². The topological polar surface area (TPSA) is 20.2 Å². The molecule has 0 aliphatic carbocycles. The van der Waals surface area contributed by atoms with E-state index in [1.165, 1.54) is 11.2 Å². The second kappa shape index (κ2) is 3.80. The summed E-state index contributed by atoms with van der Waals surface area (Å²) in [6.07, 6.45) is 0. The first-order valence-corrected chi connectivity index (χ1v) is 3.09. The van der Waals surface area contributed by atoms with Gasteiger partial charge in [0.1, 0.15) is 0 Å². The van der Waals surface area contributed by atoms with E-state index in [1.54, 1.807) is 0 Å². The fourth-order valence-electron chi connectivity index (χ4n) is 0. The second-order valence-corrected chi connectivity index (χ2v) is 1.54. The molecule has 0 fully saturated rings. The summed E-state index contributed by atoms with van der Waals surface area (Å²) in [5.41, 5.74) is 0. The molecule has 0 amide bonds. The Bertz CT molecular complexity index is 10.0. The van der Waals surface area contributed by atoms with E-state index >= 15 is 0 Å². The van der Waals surface area contributed by atoms with Gasteiger partial charge in [-0.1, -0.05) is 8.44 Å². The third-order valence-corrected chi connectivity index (χ3v) is 0.548. The zero-order chi connectivity index (χ0) is 3.41. The molecule has 1 radical (unpaired) electrons. The van der Waals surface area contributed by atoms with Crippen LogP contribution in [0.1, 0.15) is 0 Å². The monoisotopic (exact) mass is 93.0 g/mol. The Hall–Kier alpha value is 0.805. The first-order valence-electron chi connectivity index (χ1n) is 0.730.